The summed E-state index contributed by atoms with van der Waals surface area (Å²) in [4.78, 5) is 10.3. The van der Waals surface area contributed by atoms with E-state index in [0.717, 1.165) is 12.1 Å². The molecule has 0 radical (unpaired) electrons. The SMILES string of the molecule is O=Cc1c(F)cc(COCCCO)cc1F. The van der Waals surface area contributed by atoms with Crippen molar-refractivity contribution in [1.82, 2.24) is 0 Å². The molecule has 0 fully saturated rings. The van der Waals surface area contributed by atoms with Crippen LogP contribution in [0, 0.1) is 11.6 Å². The molecule has 0 saturated carbocycles. The van der Waals surface area contributed by atoms with Gasteiger partial charge < -0.3 is 9.84 Å². The lowest BCUT2D eigenvalue weighted by Crippen LogP contribution is -2.01. The molecule has 0 bridgehead atoms. The summed E-state index contributed by atoms with van der Waals surface area (Å²) < 4.78 is 31.3. The monoisotopic (exact) mass is 230 g/mol. The molecule has 0 saturated heterocycles. The minimum absolute atomic E-state index is 0.00675. The van der Waals surface area contributed by atoms with Crippen molar-refractivity contribution < 1.29 is 23.4 Å². The molecule has 0 heterocycles. The maximum absolute atomic E-state index is 13.1. The predicted molar refractivity (Wildman–Crippen MR) is 53.1 cm³/mol. The molecule has 0 aliphatic heterocycles. The minimum Gasteiger partial charge on any atom is -0.396 e. The van der Waals surface area contributed by atoms with E-state index in [9.17, 15) is 13.6 Å². The van der Waals surface area contributed by atoms with E-state index in [1.807, 2.05) is 0 Å². The molecule has 1 aromatic rings. The van der Waals surface area contributed by atoms with E-state index < -0.39 is 17.2 Å². The van der Waals surface area contributed by atoms with Crippen LogP contribution in [0.4, 0.5) is 8.78 Å². The zero-order chi connectivity index (χ0) is 12.0. The summed E-state index contributed by atoms with van der Waals surface area (Å²) in [6.45, 7) is 0.370. The van der Waals surface area contributed by atoms with Crippen molar-refractivity contribution in [3.8, 4) is 0 Å². The molecule has 0 aliphatic rings. The van der Waals surface area contributed by atoms with Crippen LogP contribution in [0.2, 0.25) is 0 Å². The average Bonchev–Trinajstić information content (AvgIpc) is 2.24. The first-order valence-corrected chi connectivity index (χ1v) is 4.80. The zero-order valence-corrected chi connectivity index (χ0v) is 8.58. The summed E-state index contributed by atoms with van der Waals surface area (Å²) in [7, 11) is 0. The fraction of sp³-hybridized carbons (Fsp3) is 0.364. The van der Waals surface area contributed by atoms with Crippen molar-refractivity contribution in [1.29, 1.82) is 0 Å². The van der Waals surface area contributed by atoms with Crippen molar-refractivity contribution in [3.63, 3.8) is 0 Å². The number of rotatable bonds is 6. The zero-order valence-electron chi connectivity index (χ0n) is 8.58. The molecule has 3 nitrogen and oxygen atoms in total. The fourth-order valence-electron chi connectivity index (χ4n) is 1.19. The number of hydrogen-bond acceptors (Lipinski definition) is 3. The van der Waals surface area contributed by atoms with Crippen LogP contribution < -0.4 is 0 Å². The van der Waals surface area contributed by atoms with Gasteiger partial charge in [0, 0.05) is 13.2 Å². The highest BCUT2D eigenvalue weighted by Crippen LogP contribution is 2.14. The number of aliphatic hydroxyl groups is 1. The summed E-state index contributed by atoms with van der Waals surface area (Å²) >= 11 is 0. The van der Waals surface area contributed by atoms with Crippen molar-refractivity contribution in [2.45, 2.75) is 13.0 Å². The summed E-state index contributed by atoms with van der Waals surface area (Å²) in [5.74, 6) is -1.79. The predicted octanol–water partition coefficient (Wildman–Crippen LogP) is 1.68. The largest absolute Gasteiger partial charge is 0.396 e. The van der Waals surface area contributed by atoms with Crippen LogP contribution in [-0.4, -0.2) is 24.6 Å². The normalized spacial score (nSPS) is 10.4. The standard InChI is InChI=1S/C11H12F2O3/c12-10-4-8(7-16-3-1-2-14)5-11(13)9(10)6-15/h4-6,14H,1-3,7H2. The number of carbonyl (C=O) groups excluding carboxylic acids is 1. The van der Waals surface area contributed by atoms with Gasteiger partial charge in [0.05, 0.1) is 12.2 Å². The third-order valence-corrected chi connectivity index (χ3v) is 1.97. The van der Waals surface area contributed by atoms with Gasteiger partial charge in [0.15, 0.2) is 6.29 Å². The van der Waals surface area contributed by atoms with Crippen LogP contribution in [0.3, 0.4) is 0 Å². The number of hydrogen-bond donors (Lipinski definition) is 1. The molecule has 1 aromatic carbocycles. The first-order chi connectivity index (χ1) is 7.69. The van der Waals surface area contributed by atoms with E-state index in [1.54, 1.807) is 0 Å². The molecular weight excluding hydrogens is 218 g/mol. The average molecular weight is 230 g/mol. The van der Waals surface area contributed by atoms with Crippen LogP contribution in [0.15, 0.2) is 12.1 Å². The Morgan fingerprint density at radius 1 is 1.31 bits per heavy atom. The lowest BCUT2D eigenvalue weighted by atomic mass is 10.1. The Labute approximate surface area is 91.7 Å². The van der Waals surface area contributed by atoms with Gasteiger partial charge >= 0.3 is 0 Å². The number of carbonyl (C=O) groups is 1. The number of halogens is 2. The Morgan fingerprint density at radius 2 is 1.94 bits per heavy atom. The topological polar surface area (TPSA) is 46.5 Å². The Kier molecular flexibility index (Phi) is 5.01. The lowest BCUT2D eigenvalue weighted by Gasteiger charge is -2.05. The lowest BCUT2D eigenvalue weighted by molar-refractivity contribution is 0.103. The number of aldehydes is 1. The maximum Gasteiger partial charge on any atom is 0.155 e. The summed E-state index contributed by atoms with van der Waals surface area (Å²) in [6, 6.07) is 2.12. The van der Waals surface area contributed by atoms with E-state index in [0.29, 0.717) is 18.6 Å². The van der Waals surface area contributed by atoms with Crippen LogP contribution in [0.25, 0.3) is 0 Å². The van der Waals surface area contributed by atoms with Crippen LogP contribution in [-0.2, 0) is 11.3 Å². The van der Waals surface area contributed by atoms with Gasteiger partial charge in [-0.3, -0.25) is 4.79 Å². The molecule has 0 aliphatic carbocycles. The smallest absolute Gasteiger partial charge is 0.155 e. The molecule has 1 rings (SSSR count). The van der Waals surface area contributed by atoms with Gasteiger partial charge in [-0.15, -0.1) is 0 Å². The van der Waals surface area contributed by atoms with E-state index in [1.165, 1.54) is 0 Å². The molecule has 0 aromatic heterocycles. The van der Waals surface area contributed by atoms with E-state index in [-0.39, 0.29) is 19.5 Å². The first kappa shape index (κ1) is 12.7. The minimum atomic E-state index is -0.893. The molecule has 1 N–H and O–H groups in total. The number of ether oxygens (including phenoxy) is 1. The number of benzene rings is 1. The van der Waals surface area contributed by atoms with Gasteiger partial charge in [0.1, 0.15) is 11.6 Å². The molecule has 16 heavy (non-hydrogen) atoms. The molecule has 5 heteroatoms. The van der Waals surface area contributed by atoms with Crippen LogP contribution >= 0.6 is 0 Å². The summed E-state index contributed by atoms with van der Waals surface area (Å²) in [6.07, 6.45) is 0.610. The van der Waals surface area contributed by atoms with Crippen molar-refractivity contribution in [2.75, 3.05) is 13.2 Å². The van der Waals surface area contributed by atoms with Crippen molar-refractivity contribution in [2.24, 2.45) is 0 Å². The van der Waals surface area contributed by atoms with Gasteiger partial charge in [-0.25, -0.2) is 8.78 Å². The molecule has 88 valence electrons. The quantitative estimate of drug-likeness (QED) is 0.597. The molecule has 0 amide bonds. The van der Waals surface area contributed by atoms with Crippen molar-refractivity contribution in [3.05, 3.63) is 34.9 Å². The van der Waals surface area contributed by atoms with Crippen molar-refractivity contribution >= 4 is 6.29 Å². The third-order valence-electron chi connectivity index (χ3n) is 1.97. The Hall–Kier alpha value is -1.33. The highest BCUT2D eigenvalue weighted by atomic mass is 19.1. The van der Waals surface area contributed by atoms with Gasteiger partial charge in [0.2, 0.25) is 0 Å². The summed E-state index contributed by atoms with van der Waals surface area (Å²) in [5.41, 5.74) is -0.252. The molecule has 0 atom stereocenters. The molecule has 0 unspecified atom stereocenters. The second kappa shape index (κ2) is 6.30. The van der Waals surface area contributed by atoms with Gasteiger partial charge in [-0.05, 0) is 24.1 Å². The highest BCUT2D eigenvalue weighted by Gasteiger charge is 2.09. The van der Waals surface area contributed by atoms with Crippen LogP contribution in [0.5, 0.6) is 0 Å². The first-order valence-electron chi connectivity index (χ1n) is 4.80. The van der Waals surface area contributed by atoms with E-state index in [2.05, 4.69) is 0 Å². The second-order valence-electron chi connectivity index (χ2n) is 3.22. The third kappa shape index (κ3) is 3.36. The number of aliphatic hydroxyl groups excluding tert-OH is 1. The van der Waals surface area contributed by atoms with E-state index >= 15 is 0 Å². The molecular formula is C11H12F2O3. The van der Waals surface area contributed by atoms with Gasteiger partial charge in [-0.1, -0.05) is 0 Å². The fourth-order valence-corrected chi connectivity index (χ4v) is 1.19. The van der Waals surface area contributed by atoms with Crippen LogP contribution in [0.1, 0.15) is 22.3 Å². The van der Waals surface area contributed by atoms with Gasteiger partial charge in [-0.2, -0.15) is 0 Å². The summed E-state index contributed by atoms with van der Waals surface area (Å²) in [5, 5.41) is 8.48. The second-order valence-corrected chi connectivity index (χ2v) is 3.22. The van der Waals surface area contributed by atoms with E-state index in [4.69, 9.17) is 9.84 Å². The Morgan fingerprint density at radius 3 is 2.44 bits per heavy atom. The highest BCUT2D eigenvalue weighted by molar-refractivity contribution is 5.75. The maximum atomic E-state index is 13.1. The van der Waals surface area contributed by atoms with Gasteiger partial charge in [0.25, 0.3) is 0 Å². The molecule has 0 spiro atoms. The Balaban J connectivity index is 2.65. The Bertz CT molecular complexity index is 343.